The first kappa shape index (κ1) is 16.4. The lowest BCUT2D eigenvalue weighted by Crippen LogP contribution is -2.28. The second-order valence-corrected chi connectivity index (χ2v) is 6.84. The van der Waals surface area contributed by atoms with Crippen LogP contribution in [0.1, 0.15) is 57.2 Å². The fraction of sp³-hybridized carbons (Fsp3) is 0.526. The van der Waals surface area contributed by atoms with Gasteiger partial charge in [0, 0.05) is 29.6 Å². The molecule has 1 aliphatic heterocycles. The first-order chi connectivity index (χ1) is 11.2. The minimum atomic E-state index is -0.0969. The summed E-state index contributed by atoms with van der Waals surface area (Å²) in [5.41, 5.74) is 2.28. The number of unbranched alkanes of at least 4 members (excludes halogenated alkanes) is 1. The van der Waals surface area contributed by atoms with Gasteiger partial charge in [-0.1, -0.05) is 56.5 Å². The second-order valence-electron chi connectivity index (χ2n) is 6.44. The highest BCUT2D eigenvalue weighted by Gasteiger charge is 2.36. The van der Waals surface area contributed by atoms with Gasteiger partial charge in [0.15, 0.2) is 0 Å². The summed E-state index contributed by atoms with van der Waals surface area (Å²) in [6.45, 7) is 6.53. The lowest BCUT2D eigenvalue weighted by molar-refractivity contribution is 0.417. The first-order valence-corrected chi connectivity index (χ1v) is 9.16. The van der Waals surface area contributed by atoms with Gasteiger partial charge in [-0.15, -0.1) is 0 Å². The van der Waals surface area contributed by atoms with Crippen LogP contribution in [0.15, 0.2) is 30.3 Å². The number of nitrogens with one attached hydrogen (secondary N) is 1. The summed E-state index contributed by atoms with van der Waals surface area (Å²) in [7, 11) is 0. The number of halogens is 1. The van der Waals surface area contributed by atoms with Crippen LogP contribution in [-0.4, -0.2) is 16.3 Å². The van der Waals surface area contributed by atoms with E-state index in [9.17, 15) is 0 Å². The smallest absolute Gasteiger partial charge is 0.124 e. The summed E-state index contributed by atoms with van der Waals surface area (Å²) in [6, 6.07) is 10.5. The number of aryl methyl sites for hydroxylation is 1. The number of benzene rings is 1. The Bertz CT molecular complexity index is 641. The van der Waals surface area contributed by atoms with Crippen LogP contribution in [0.2, 0.25) is 5.02 Å². The highest BCUT2D eigenvalue weighted by atomic mass is 35.5. The van der Waals surface area contributed by atoms with E-state index in [4.69, 9.17) is 16.7 Å². The molecule has 3 nitrogen and oxygen atoms in total. The number of hydrogen-bond acceptors (Lipinski definition) is 2. The summed E-state index contributed by atoms with van der Waals surface area (Å²) in [5, 5.41) is 9.28. The topological polar surface area (TPSA) is 29.9 Å². The molecule has 0 aliphatic carbocycles. The Morgan fingerprint density at radius 2 is 2.13 bits per heavy atom. The zero-order chi connectivity index (χ0) is 16.3. The first-order valence-electron chi connectivity index (χ1n) is 8.78. The van der Waals surface area contributed by atoms with Crippen molar-refractivity contribution in [3.8, 4) is 0 Å². The summed E-state index contributed by atoms with van der Waals surface area (Å²) in [4.78, 5) is 0. The summed E-state index contributed by atoms with van der Waals surface area (Å²) >= 11 is 6.59. The number of anilines is 1. The van der Waals surface area contributed by atoms with Crippen LogP contribution in [0.4, 0.5) is 5.82 Å². The molecule has 0 spiro atoms. The molecule has 2 heterocycles. The molecule has 3 rings (SSSR count). The average Bonchev–Trinajstić information content (AvgIpc) is 3.02. The van der Waals surface area contributed by atoms with Crippen LogP contribution >= 0.6 is 11.6 Å². The lowest BCUT2D eigenvalue weighted by Gasteiger charge is -2.32. The Hall–Kier alpha value is -1.48. The fourth-order valence-corrected chi connectivity index (χ4v) is 4.00. The van der Waals surface area contributed by atoms with Crippen molar-refractivity contribution in [3.63, 3.8) is 0 Å². The number of fused-ring (bicyclic) bond motifs is 1. The van der Waals surface area contributed by atoms with Gasteiger partial charge in [0.1, 0.15) is 5.82 Å². The zero-order valence-electron chi connectivity index (χ0n) is 14.1. The number of nitrogens with zero attached hydrogens (tertiary/aromatic N) is 2. The van der Waals surface area contributed by atoms with Crippen LogP contribution in [0.5, 0.6) is 0 Å². The van der Waals surface area contributed by atoms with E-state index >= 15 is 0 Å². The molecule has 0 amide bonds. The third-order valence-corrected chi connectivity index (χ3v) is 5.40. The van der Waals surface area contributed by atoms with Crippen molar-refractivity contribution in [2.24, 2.45) is 0 Å². The van der Waals surface area contributed by atoms with E-state index in [0.717, 1.165) is 48.9 Å². The van der Waals surface area contributed by atoms with Crippen LogP contribution < -0.4 is 5.32 Å². The van der Waals surface area contributed by atoms with E-state index in [2.05, 4.69) is 42.0 Å². The van der Waals surface area contributed by atoms with Crippen LogP contribution in [-0.2, 0) is 12.0 Å². The fourth-order valence-electron chi connectivity index (χ4n) is 3.69. The van der Waals surface area contributed by atoms with Crippen molar-refractivity contribution in [3.05, 3.63) is 46.6 Å². The number of hydrogen-bond donors (Lipinski definition) is 1. The Balaban J connectivity index is 2.11. The predicted octanol–water partition coefficient (Wildman–Crippen LogP) is 5.24. The Morgan fingerprint density at radius 3 is 2.83 bits per heavy atom. The molecule has 1 atom stereocenters. The second kappa shape index (κ2) is 6.96. The maximum atomic E-state index is 6.59. The van der Waals surface area contributed by atoms with Crippen molar-refractivity contribution >= 4 is 17.4 Å². The van der Waals surface area contributed by atoms with Crippen LogP contribution in [0.3, 0.4) is 0 Å². The van der Waals surface area contributed by atoms with Crippen molar-refractivity contribution < 1.29 is 0 Å². The zero-order valence-corrected chi connectivity index (χ0v) is 14.9. The summed E-state index contributed by atoms with van der Waals surface area (Å²) in [6.07, 6.45) is 5.58. The van der Waals surface area contributed by atoms with E-state index in [1.807, 2.05) is 12.1 Å². The van der Waals surface area contributed by atoms with E-state index < -0.39 is 0 Å². The van der Waals surface area contributed by atoms with Gasteiger partial charge in [-0.2, -0.15) is 5.10 Å². The standard InChI is InChI=1S/C19H26ClN3/c1-3-5-11-19(4-2,15-9-6-7-10-16(15)20)17-14-18-21-12-8-13-23(18)22-17/h6-7,9-10,14,21H,3-5,8,11-13H2,1-2H3. The van der Waals surface area contributed by atoms with E-state index in [1.165, 1.54) is 18.4 Å². The minimum Gasteiger partial charge on any atom is -0.370 e. The molecule has 0 fully saturated rings. The third kappa shape index (κ3) is 2.99. The van der Waals surface area contributed by atoms with Crippen molar-refractivity contribution in [1.82, 2.24) is 9.78 Å². The van der Waals surface area contributed by atoms with Crippen LogP contribution in [0, 0.1) is 0 Å². The molecule has 2 aromatic rings. The Kier molecular flexibility index (Phi) is 4.96. The van der Waals surface area contributed by atoms with E-state index in [-0.39, 0.29) is 5.41 Å². The van der Waals surface area contributed by atoms with Gasteiger partial charge in [-0.05, 0) is 30.9 Å². The normalized spacial score (nSPS) is 16.5. The van der Waals surface area contributed by atoms with Gasteiger partial charge >= 0.3 is 0 Å². The Morgan fingerprint density at radius 1 is 1.30 bits per heavy atom. The lowest BCUT2D eigenvalue weighted by atomic mass is 9.71. The number of aromatic nitrogens is 2. The molecule has 1 aromatic heterocycles. The van der Waals surface area contributed by atoms with Crippen molar-refractivity contribution in [1.29, 1.82) is 0 Å². The van der Waals surface area contributed by atoms with Gasteiger partial charge in [-0.3, -0.25) is 0 Å². The maximum Gasteiger partial charge on any atom is 0.124 e. The van der Waals surface area contributed by atoms with E-state index in [1.54, 1.807) is 0 Å². The van der Waals surface area contributed by atoms with Gasteiger partial charge in [0.2, 0.25) is 0 Å². The summed E-state index contributed by atoms with van der Waals surface area (Å²) < 4.78 is 2.12. The molecule has 0 saturated heterocycles. The molecule has 1 aromatic carbocycles. The third-order valence-electron chi connectivity index (χ3n) is 5.07. The molecule has 4 heteroatoms. The van der Waals surface area contributed by atoms with Gasteiger partial charge < -0.3 is 5.32 Å². The average molecular weight is 332 g/mol. The summed E-state index contributed by atoms with van der Waals surface area (Å²) in [5.74, 6) is 1.15. The van der Waals surface area contributed by atoms with Crippen molar-refractivity contribution in [2.45, 2.75) is 57.9 Å². The molecule has 1 aliphatic rings. The SMILES string of the molecule is CCCCC(CC)(c1cc2n(n1)CCCN2)c1ccccc1Cl. The molecular weight excluding hydrogens is 306 g/mol. The van der Waals surface area contributed by atoms with E-state index in [0.29, 0.717) is 0 Å². The van der Waals surface area contributed by atoms with Crippen molar-refractivity contribution in [2.75, 3.05) is 11.9 Å². The molecule has 23 heavy (non-hydrogen) atoms. The molecule has 124 valence electrons. The highest BCUT2D eigenvalue weighted by Crippen LogP contribution is 2.43. The Labute approximate surface area is 144 Å². The monoisotopic (exact) mass is 331 g/mol. The predicted molar refractivity (Wildman–Crippen MR) is 97.4 cm³/mol. The van der Waals surface area contributed by atoms with Crippen LogP contribution in [0.25, 0.3) is 0 Å². The van der Waals surface area contributed by atoms with Gasteiger partial charge in [0.25, 0.3) is 0 Å². The molecule has 0 saturated carbocycles. The molecule has 0 bridgehead atoms. The van der Waals surface area contributed by atoms with Gasteiger partial charge in [-0.25, -0.2) is 4.68 Å². The molecule has 1 unspecified atom stereocenters. The molecule has 0 radical (unpaired) electrons. The number of rotatable bonds is 6. The maximum absolute atomic E-state index is 6.59. The highest BCUT2D eigenvalue weighted by molar-refractivity contribution is 6.31. The quantitative estimate of drug-likeness (QED) is 0.784. The van der Waals surface area contributed by atoms with Gasteiger partial charge in [0.05, 0.1) is 5.69 Å². The largest absolute Gasteiger partial charge is 0.370 e. The molecule has 1 N–H and O–H groups in total. The molecular formula is C19H26ClN3. The minimum absolute atomic E-state index is 0.0969.